The van der Waals surface area contributed by atoms with Gasteiger partial charge in [0.25, 0.3) is 0 Å². The lowest BCUT2D eigenvalue weighted by Gasteiger charge is -2.33. The van der Waals surface area contributed by atoms with Crippen molar-refractivity contribution < 1.29 is 32.2 Å². The summed E-state index contributed by atoms with van der Waals surface area (Å²) in [5.74, 6) is 0.185. The highest BCUT2D eigenvalue weighted by atomic mass is 19.4. The van der Waals surface area contributed by atoms with E-state index in [-0.39, 0.29) is 23.6 Å². The summed E-state index contributed by atoms with van der Waals surface area (Å²) in [5, 5.41) is 5.31. The zero-order valence-corrected chi connectivity index (χ0v) is 21.0. The second-order valence-electron chi connectivity index (χ2n) is 9.75. The minimum absolute atomic E-state index is 0.0200. The normalized spacial score (nSPS) is 15.1. The molecule has 1 aliphatic rings. The van der Waals surface area contributed by atoms with Gasteiger partial charge in [-0.3, -0.25) is 14.4 Å². The third-order valence-electron chi connectivity index (χ3n) is 5.94. The number of carbonyl (C=O) groups is 2. The average Bonchev–Trinajstić information content (AvgIpc) is 3.27. The topological polar surface area (TPSA) is 89.8 Å². The predicted octanol–water partition coefficient (Wildman–Crippen LogP) is 5.33. The van der Waals surface area contributed by atoms with Crippen molar-refractivity contribution in [2.75, 3.05) is 25.1 Å². The number of pyridine rings is 1. The van der Waals surface area contributed by atoms with Crippen LogP contribution in [-0.2, 0) is 15.7 Å². The molecular formula is C25H28F3N5O4. The molecule has 12 heteroatoms. The molecule has 0 saturated carbocycles. The average molecular weight is 520 g/mol. The number of aromatic nitrogens is 3. The fourth-order valence-corrected chi connectivity index (χ4v) is 4.19. The van der Waals surface area contributed by atoms with Gasteiger partial charge in [-0.15, -0.1) is 0 Å². The molecule has 0 spiro atoms. The van der Waals surface area contributed by atoms with E-state index in [4.69, 9.17) is 9.47 Å². The molecular weight excluding hydrogens is 491 g/mol. The van der Waals surface area contributed by atoms with E-state index in [0.29, 0.717) is 49.0 Å². The molecule has 3 heterocycles. The van der Waals surface area contributed by atoms with E-state index < -0.39 is 17.5 Å². The van der Waals surface area contributed by atoms with Crippen molar-refractivity contribution in [2.45, 2.75) is 51.4 Å². The number of anilines is 2. The summed E-state index contributed by atoms with van der Waals surface area (Å²) in [5.41, 5.74) is -0.842. The summed E-state index contributed by atoms with van der Waals surface area (Å²) < 4.78 is 52.2. The third-order valence-corrected chi connectivity index (χ3v) is 5.94. The first-order valence-electron chi connectivity index (χ1n) is 11.7. The van der Waals surface area contributed by atoms with Gasteiger partial charge >= 0.3 is 12.3 Å². The summed E-state index contributed by atoms with van der Waals surface area (Å²) in [6.45, 7) is 6.49. The Morgan fingerprint density at radius 2 is 1.86 bits per heavy atom. The maximum atomic E-state index is 13.2. The fourth-order valence-electron chi connectivity index (χ4n) is 4.19. The lowest BCUT2D eigenvalue weighted by Crippen LogP contribution is -2.42. The number of likely N-dealkylation sites (tertiary alicyclic amines) is 1. The number of nitrogens with zero attached hydrogens (tertiary/aromatic N) is 5. The second kappa shape index (κ2) is 9.91. The van der Waals surface area contributed by atoms with Gasteiger partial charge in [-0.1, -0.05) is 6.07 Å². The van der Waals surface area contributed by atoms with Gasteiger partial charge in [-0.2, -0.15) is 18.3 Å². The van der Waals surface area contributed by atoms with Gasteiger partial charge in [-0.05, 0) is 51.8 Å². The fraction of sp³-hybridized carbons (Fsp3) is 0.440. The van der Waals surface area contributed by atoms with Crippen LogP contribution in [0.25, 0.3) is 10.9 Å². The van der Waals surface area contributed by atoms with Crippen molar-refractivity contribution in [2.24, 2.45) is 0 Å². The Labute approximate surface area is 211 Å². The van der Waals surface area contributed by atoms with Crippen molar-refractivity contribution in [3.8, 4) is 5.75 Å². The number of fused-ring (bicyclic) bond motifs is 1. The van der Waals surface area contributed by atoms with Gasteiger partial charge in [0, 0.05) is 30.7 Å². The van der Waals surface area contributed by atoms with Crippen molar-refractivity contribution in [3.05, 3.63) is 42.2 Å². The maximum absolute atomic E-state index is 13.2. The van der Waals surface area contributed by atoms with Crippen LogP contribution >= 0.6 is 0 Å². The Kier molecular flexibility index (Phi) is 7.03. The Morgan fingerprint density at radius 3 is 2.46 bits per heavy atom. The number of alkyl halides is 3. The van der Waals surface area contributed by atoms with Crippen LogP contribution < -0.4 is 9.64 Å². The number of hydrogen-bond acceptors (Lipinski definition) is 6. The lowest BCUT2D eigenvalue weighted by atomic mass is 10.1. The molecule has 3 aromatic rings. The van der Waals surface area contributed by atoms with E-state index in [9.17, 15) is 22.8 Å². The molecule has 0 atom stereocenters. The molecule has 198 valence electrons. The number of hydrogen-bond donors (Lipinski definition) is 0. The van der Waals surface area contributed by atoms with Crippen molar-refractivity contribution >= 4 is 34.9 Å². The number of piperidine rings is 1. The summed E-state index contributed by atoms with van der Waals surface area (Å²) in [6, 6.07) is 6.55. The van der Waals surface area contributed by atoms with Crippen LogP contribution in [0.2, 0.25) is 0 Å². The van der Waals surface area contributed by atoms with Crippen LogP contribution in [-0.4, -0.2) is 58.0 Å². The van der Waals surface area contributed by atoms with Gasteiger partial charge in [0.1, 0.15) is 28.4 Å². The number of carbonyl (C=O) groups excluding carboxylic acids is 2. The smallest absolute Gasteiger partial charge is 0.433 e. The third kappa shape index (κ3) is 5.78. The molecule has 0 N–H and O–H groups in total. The van der Waals surface area contributed by atoms with Crippen molar-refractivity contribution in [3.63, 3.8) is 0 Å². The monoisotopic (exact) mass is 519 g/mol. The highest BCUT2D eigenvalue weighted by Gasteiger charge is 2.33. The van der Waals surface area contributed by atoms with E-state index in [1.165, 1.54) is 25.3 Å². The molecule has 2 aromatic heterocycles. The number of amides is 2. The molecule has 37 heavy (non-hydrogen) atoms. The van der Waals surface area contributed by atoms with Crippen LogP contribution in [0, 0.1) is 0 Å². The Balaban J connectivity index is 1.59. The molecule has 0 aliphatic carbocycles. The number of halogens is 3. The van der Waals surface area contributed by atoms with Gasteiger partial charge in [0.05, 0.1) is 18.8 Å². The number of methoxy groups -OCH3 is 1. The van der Waals surface area contributed by atoms with E-state index in [2.05, 4.69) is 10.1 Å². The van der Waals surface area contributed by atoms with Crippen molar-refractivity contribution in [1.29, 1.82) is 0 Å². The lowest BCUT2D eigenvalue weighted by molar-refractivity contribution is -0.141. The highest BCUT2D eigenvalue weighted by Crippen LogP contribution is 2.36. The molecule has 0 radical (unpaired) electrons. The van der Waals surface area contributed by atoms with Gasteiger partial charge in [0.2, 0.25) is 6.41 Å². The minimum atomic E-state index is -4.65. The van der Waals surface area contributed by atoms with Crippen LogP contribution in [0.3, 0.4) is 0 Å². The van der Waals surface area contributed by atoms with E-state index in [1.807, 2.05) is 20.8 Å². The van der Waals surface area contributed by atoms with Gasteiger partial charge < -0.3 is 14.4 Å². The summed E-state index contributed by atoms with van der Waals surface area (Å²) in [6.07, 6.45) is -1.46. The highest BCUT2D eigenvalue weighted by molar-refractivity contribution is 5.94. The minimum Gasteiger partial charge on any atom is -0.494 e. The summed E-state index contributed by atoms with van der Waals surface area (Å²) in [7, 11) is 1.45. The first kappa shape index (κ1) is 26.2. The van der Waals surface area contributed by atoms with Crippen LogP contribution in [0.1, 0.15) is 45.3 Å². The molecule has 1 aromatic carbocycles. The first-order valence-corrected chi connectivity index (χ1v) is 11.7. The zero-order valence-electron chi connectivity index (χ0n) is 21.0. The zero-order chi connectivity index (χ0) is 27.0. The number of ether oxygens (including phenoxy) is 2. The quantitative estimate of drug-likeness (QED) is 0.424. The molecule has 1 fully saturated rings. The van der Waals surface area contributed by atoms with Gasteiger partial charge in [0.15, 0.2) is 0 Å². The summed E-state index contributed by atoms with van der Waals surface area (Å²) >= 11 is 0. The molecule has 2 amide bonds. The van der Waals surface area contributed by atoms with E-state index in [0.717, 1.165) is 11.0 Å². The van der Waals surface area contributed by atoms with Crippen LogP contribution in [0.5, 0.6) is 5.75 Å². The first-order chi connectivity index (χ1) is 17.4. The largest absolute Gasteiger partial charge is 0.494 e. The Morgan fingerprint density at radius 1 is 1.16 bits per heavy atom. The maximum Gasteiger partial charge on any atom is 0.433 e. The molecule has 4 rings (SSSR count). The van der Waals surface area contributed by atoms with Crippen LogP contribution in [0.4, 0.5) is 29.5 Å². The number of benzene rings is 1. The standard InChI is InChI=1S/C25H28F3N5O4/c1-24(2,3)37-23(35)31-10-8-17(9-11-31)33-14-16-12-18(13-19(36-4)22(16)30-33)32(15-34)21-7-5-6-20(29-21)25(26,27)28/h5-7,12-15,17H,8-11H2,1-4H3. The molecule has 1 saturated heterocycles. The molecule has 9 nitrogen and oxygen atoms in total. The van der Waals surface area contributed by atoms with Crippen LogP contribution in [0.15, 0.2) is 36.5 Å². The predicted molar refractivity (Wildman–Crippen MR) is 130 cm³/mol. The number of rotatable bonds is 5. The summed E-state index contributed by atoms with van der Waals surface area (Å²) in [4.78, 5) is 30.6. The SMILES string of the molecule is COc1cc(N(C=O)c2cccc(C(F)(F)F)n2)cc2cn(C3CCN(C(=O)OC(C)(C)C)CC3)nc12. The van der Waals surface area contributed by atoms with Crippen molar-refractivity contribution in [1.82, 2.24) is 19.7 Å². The Bertz CT molecular complexity index is 1290. The van der Waals surface area contributed by atoms with E-state index in [1.54, 1.807) is 21.8 Å². The van der Waals surface area contributed by atoms with Gasteiger partial charge in [-0.25, -0.2) is 9.78 Å². The molecule has 1 aliphatic heterocycles. The van der Waals surface area contributed by atoms with E-state index >= 15 is 0 Å². The second-order valence-corrected chi connectivity index (χ2v) is 9.75. The Hall–Kier alpha value is -3.83. The molecule has 0 bridgehead atoms. The molecule has 0 unspecified atom stereocenters.